The standard InChI is InChI=1S/C19H22N2O3S/c22-17(8-9-18(23)21-10-12-24-13-11-21)20-19(16-7-4-14-25-16)15-5-2-1-3-6-15/h1-7,14,19H,8-13H2,(H,20,22)/t19-/m0/s1. The Kier molecular flexibility index (Phi) is 6.19. The second kappa shape index (κ2) is 8.78. The van der Waals surface area contributed by atoms with Crippen LogP contribution in [-0.4, -0.2) is 43.0 Å². The van der Waals surface area contributed by atoms with Crippen LogP contribution in [0.3, 0.4) is 0 Å². The smallest absolute Gasteiger partial charge is 0.223 e. The van der Waals surface area contributed by atoms with Crippen LogP contribution in [-0.2, 0) is 14.3 Å². The van der Waals surface area contributed by atoms with Gasteiger partial charge in [-0.15, -0.1) is 11.3 Å². The number of carbonyl (C=O) groups excluding carboxylic acids is 2. The summed E-state index contributed by atoms with van der Waals surface area (Å²) < 4.78 is 5.25. The predicted molar refractivity (Wildman–Crippen MR) is 97.4 cm³/mol. The average molecular weight is 358 g/mol. The van der Waals surface area contributed by atoms with Crippen LogP contribution in [0.1, 0.15) is 29.3 Å². The maximum Gasteiger partial charge on any atom is 0.223 e. The molecular weight excluding hydrogens is 336 g/mol. The van der Waals surface area contributed by atoms with E-state index in [9.17, 15) is 9.59 Å². The Labute approximate surface area is 151 Å². The van der Waals surface area contributed by atoms with Gasteiger partial charge in [0.25, 0.3) is 0 Å². The Morgan fingerprint density at radius 1 is 1.08 bits per heavy atom. The SMILES string of the molecule is O=C(CCC(=O)N1CCOCC1)N[C@@H](c1ccccc1)c1cccs1. The highest BCUT2D eigenvalue weighted by atomic mass is 32.1. The number of thiophene rings is 1. The summed E-state index contributed by atoms with van der Waals surface area (Å²) in [5.74, 6) is -0.0882. The highest BCUT2D eigenvalue weighted by molar-refractivity contribution is 7.10. The first-order valence-electron chi connectivity index (χ1n) is 8.47. The summed E-state index contributed by atoms with van der Waals surface area (Å²) in [4.78, 5) is 27.4. The van der Waals surface area contributed by atoms with Crippen molar-refractivity contribution in [3.63, 3.8) is 0 Å². The summed E-state index contributed by atoms with van der Waals surface area (Å²) >= 11 is 1.61. The molecule has 0 bridgehead atoms. The Balaban J connectivity index is 1.58. The third-order valence-electron chi connectivity index (χ3n) is 4.20. The van der Waals surface area contributed by atoms with E-state index in [2.05, 4.69) is 5.32 Å². The summed E-state index contributed by atoms with van der Waals surface area (Å²) in [7, 11) is 0. The molecule has 0 aliphatic carbocycles. The van der Waals surface area contributed by atoms with Crippen LogP contribution < -0.4 is 5.32 Å². The maximum atomic E-state index is 12.4. The lowest BCUT2D eigenvalue weighted by Crippen LogP contribution is -2.41. The van der Waals surface area contributed by atoms with Crippen LogP contribution in [0, 0.1) is 0 Å². The number of hydrogen-bond acceptors (Lipinski definition) is 4. The molecule has 1 N–H and O–H groups in total. The zero-order valence-corrected chi connectivity index (χ0v) is 14.8. The molecule has 25 heavy (non-hydrogen) atoms. The fraction of sp³-hybridized carbons (Fsp3) is 0.368. The van der Waals surface area contributed by atoms with Crippen LogP contribution >= 0.6 is 11.3 Å². The molecule has 2 heterocycles. The minimum Gasteiger partial charge on any atom is -0.378 e. The average Bonchev–Trinajstić information content (AvgIpc) is 3.20. The summed E-state index contributed by atoms with van der Waals surface area (Å²) in [5.41, 5.74) is 1.04. The molecule has 0 saturated carbocycles. The van der Waals surface area contributed by atoms with Crippen LogP contribution in [0.15, 0.2) is 47.8 Å². The van der Waals surface area contributed by atoms with Gasteiger partial charge in [0.15, 0.2) is 0 Å². The van der Waals surface area contributed by atoms with Gasteiger partial charge in [-0.25, -0.2) is 0 Å². The quantitative estimate of drug-likeness (QED) is 0.863. The van der Waals surface area contributed by atoms with Gasteiger partial charge in [-0.2, -0.15) is 0 Å². The van der Waals surface area contributed by atoms with Gasteiger partial charge >= 0.3 is 0 Å². The van der Waals surface area contributed by atoms with Crippen molar-refractivity contribution in [2.75, 3.05) is 26.3 Å². The lowest BCUT2D eigenvalue weighted by molar-refractivity contribution is -0.137. The van der Waals surface area contributed by atoms with Gasteiger partial charge in [-0.3, -0.25) is 9.59 Å². The van der Waals surface area contributed by atoms with Gasteiger partial charge in [-0.1, -0.05) is 36.4 Å². The number of nitrogens with zero attached hydrogens (tertiary/aromatic N) is 1. The van der Waals surface area contributed by atoms with Crippen molar-refractivity contribution in [1.82, 2.24) is 10.2 Å². The molecule has 1 atom stereocenters. The number of hydrogen-bond donors (Lipinski definition) is 1. The molecule has 6 heteroatoms. The number of benzene rings is 1. The van der Waals surface area contributed by atoms with Crippen molar-refractivity contribution in [3.8, 4) is 0 Å². The van der Waals surface area contributed by atoms with Crippen LogP contribution in [0.2, 0.25) is 0 Å². The highest BCUT2D eigenvalue weighted by Gasteiger charge is 2.20. The Bertz CT molecular complexity index is 682. The molecule has 1 aliphatic rings. The Morgan fingerprint density at radius 3 is 2.52 bits per heavy atom. The van der Waals surface area contributed by atoms with Crippen molar-refractivity contribution in [1.29, 1.82) is 0 Å². The van der Waals surface area contributed by atoms with E-state index in [0.717, 1.165) is 10.4 Å². The number of ether oxygens (including phenoxy) is 1. The largest absolute Gasteiger partial charge is 0.378 e. The minimum absolute atomic E-state index is 0.0193. The fourth-order valence-corrected chi connectivity index (χ4v) is 3.65. The van der Waals surface area contributed by atoms with Crippen LogP contribution in [0.25, 0.3) is 0 Å². The second-order valence-corrected chi connectivity index (χ2v) is 6.90. The molecule has 1 saturated heterocycles. The number of morpholine rings is 1. The summed E-state index contributed by atoms with van der Waals surface area (Å²) in [6.07, 6.45) is 0.433. The number of carbonyl (C=O) groups is 2. The van der Waals surface area contributed by atoms with Gasteiger partial charge < -0.3 is 15.0 Å². The normalized spacial score (nSPS) is 15.6. The van der Waals surface area contributed by atoms with E-state index in [0.29, 0.717) is 26.3 Å². The van der Waals surface area contributed by atoms with Crippen LogP contribution in [0.4, 0.5) is 0 Å². The van der Waals surface area contributed by atoms with E-state index < -0.39 is 0 Å². The Morgan fingerprint density at radius 2 is 1.84 bits per heavy atom. The van der Waals surface area contributed by atoms with E-state index >= 15 is 0 Å². The molecule has 0 unspecified atom stereocenters. The summed E-state index contributed by atoms with van der Waals surface area (Å²) in [6.45, 7) is 2.38. The predicted octanol–water partition coefficient (Wildman–Crippen LogP) is 2.59. The van der Waals surface area contributed by atoms with Crippen molar-refractivity contribution in [2.45, 2.75) is 18.9 Å². The fourth-order valence-electron chi connectivity index (χ4n) is 2.84. The van der Waals surface area contributed by atoms with Gasteiger partial charge in [-0.05, 0) is 17.0 Å². The van der Waals surface area contributed by atoms with Crippen molar-refractivity contribution in [3.05, 3.63) is 58.3 Å². The second-order valence-electron chi connectivity index (χ2n) is 5.92. The number of rotatable bonds is 6. The van der Waals surface area contributed by atoms with Gasteiger partial charge in [0, 0.05) is 30.8 Å². The topological polar surface area (TPSA) is 58.6 Å². The highest BCUT2D eigenvalue weighted by Crippen LogP contribution is 2.26. The van der Waals surface area contributed by atoms with E-state index in [1.165, 1.54) is 0 Å². The van der Waals surface area contributed by atoms with Gasteiger partial charge in [0.2, 0.25) is 11.8 Å². The lowest BCUT2D eigenvalue weighted by Gasteiger charge is -2.27. The third kappa shape index (κ3) is 4.90. The molecule has 3 rings (SSSR count). The third-order valence-corrected chi connectivity index (χ3v) is 5.13. The molecule has 2 aromatic rings. The first kappa shape index (κ1) is 17.6. The molecule has 1 aromatic heterocycles. The van der Waals surface area contributed by atoms with E-state index in [4.69, 9.17) is 4.74 Å². The molecule has 1 aromatic carbocycles. The number of nitrogens with one attached hydrogen (secondary N) is 1. The molecule has 132 valence electrons. The summed E-state index contributed by atoms with van der Waals surface area (Å²) in [6, 6.07) is 13.7. The molecule has 1 aliphatic heterocycles. The molecule has 0 radical (unpaired) electrons. The maximum absolute atomic E-state index is 12.4. The summed E-state index contributed by atoms with van der Waals surface area (Å²) in [5, 5.41) is 5.07. The number of amides is 2. The first-order valence-corrected chi connectivity index (χ1v) is 9.35. The van der Waals surface area contributed by atoms with Crippen molar-refractivity contribution < 1.29 is 14.3 Å². The zero-order valence-electron chi connectivity index (χ0n) is 14.0. The van der Waals surface area contributed by atoms with Gasteiger partial charge in [0.05, 0.1) is 19.3 Å². The lowest BCUT2D eigenvalue weighted by atomic mass is 10.1. The van der Waals surface area contributed by atoms with Crippen molar-refractivity contribution >= 4 is 23.2 Å². The van der Waals surface area contributed by atoms with E-state index in [1.807, 2.05) is 47.8 Å². The first-order chi connectivity index (χ1) is 12.2. The minimum atomic E-state index is -0.174. The molecule has 2 amide bonds. The zero-order chi connectivity index (χ0) is 17.5. The molecular formula is C19H22N2O3S. The van der Waals surface area contributed by atoms with Crippen molar-refractivity contribution in [2.24, 2.45) is 0 Å². The molecule has 5 nitrogen and oxygen atoms in total. The van der Waals surface area contributed by atoms with E-state index in [1.54, 1.807) is 16.2 Å². The molecule has 1 fully saturated rings. The van der Waals surface area contributed by atoms with E-state index in [-0.39, 0.29) is 30.7 Å². The monoisotopic (exact) mass is 358 g/mol. The van der Waals surface area contributed by atoms with Crippen LogP contribution in [0.5, 0.6) is 0 Å². The molecule has 0 spiro atoms. The Hall–Kier alpha value is -2.18. The van der Waals surface area contributed by atoms with Gasteiger partial charge in [0.1, 0.15) is 0 Å².